The summed E-state index contributed by atoms with van der Waals surface area (Å²) in [5.41, 5.74) is 1.99. The molecule has 0 radical (unpaired) electrons. The molecule has 0 unspecified atom stereocenters. The largest absolute Gasteiger partial charge is 0.381 e. The predicted octanol–water partition coefficient (Wildman–Crippen LogP) is 3.62. The van der Waals surface area contributed by atoms with Crippen molar-refractivity contribution in [3.8, 4) is 0 Å². The highest BCUT2D eigenvalue weighted by atomic mass is 79.9. The van der Waals surface area contributed by atoms with E-state index in [0.29, 0.717) is 4.47 Å². The summed E-state index contributed by atoms with van der Waals surface area (Å²) in [6, 6.07) is 3.40. The predicted molar refractivity (Wildman–Crippen MR) is 69.7 cm³/mol. The summed E-state index contributed by atoms with van der Waals surface area (Å²) in [7, 11) is 0. The molecule has 1 aromatic rings. The Morgan fingerprint density at radius 2 is 2.19 bits per heavy atom. The van der Waals surface area contributed by atoms with Crippen molar-refractivity contribution in [3.63, 3.8) is 0 Å². The van der Waals surface area contributed by atoms with Gasteiger partial charge in [-0.3, -0.25) is 0 Å². The highest BCUT2D eigenvalue weighted by molar-refractivity contribution is 9.10. The number of hydrogen-bond donors (Lipinski definition) is 1. The van der Waals surface area contributed by atoms with Gasteiger partial charge in [0.25, 0.3) is 0 Å². The van der Waals surface area contributed by atoms with Crippen LogP contribution in [0.5, 0.6) is 0 Å². The van der Waals surface area contributed by atoms with Crippen LogP contribution in [0.15, 0.2) is 16.6 Å². The SMILES string of the molecule is CCN1c2cc(Br)c(F)cc2NCC1(C)C. The molecule has 0 spiro atoms. The maximum atomic E-state index is 13.4. The third kappa shape index (κ3) is 1.79. The number of nitrogens with zero attached hydrogens (tertiary/aromatic N) is 1. The van der Waals surface area contributed by atoms with Gasteiger partial charge in [0, 0.05) is 19.2 Å². The molecule has 1 N–H and O–H groups in total. The Morgan fingerprint density at radius 3 is 2.81 bits per heavy atom. The van der Waals surface area contributed by atoms with E-state index in [0.717, 1.165) is 24.5 Å². The quantitative estimate of drug-likeness (QED) is 0.848. The highest BCUT2D eigenvalue weighted by Gasteiger charge is 2.32. The Bertz CT molecular complexity index is 418. The lowest BCUT2D eigenvalue weighted by atomic mass is 9.97. The Kier molecular flexibility index (Phi) is 2.86. The normalized spacial score (nSPS) is 17.9. The zero-order valence-corrected chi connectivity index (χ0v) is 11.4. The van der Waals surface area contributed by atoms with Gasteiger partial charge in [-0.1, -0.05) is 0 Å². The van der Waals surface area contributed by atoms with Crippen LogP contribution in [0.1, 0.15) is 20.8 Å². The molecule has 88 valence electrons. The van der Waals surface area contributed by atoms with Gasteiger partial charge in [-0.25, -0.2) is 4.39 Å². The molecule has 0 bridgehead atoms. The third-order valence-corrected chi connectivity index (χ3v) is 3.70. The summed E-state index contributed by atoms with van der Waals surface area (Å²) in [5.74, 6) is -0.220. The molecule has 0 saturated heterocycles. The first-order valence-electron chi connectivity index (χ1n) is 5.46. The van der Waals surface area contributed by atoms with E-state index in [4.69, 9.17) is 0 Å². The van der Waals surface area contributed by atoms with Gasteiger partial charge in [-0.2, -0.15) is 0 Å². The van der Waals surface area contributed by atoms with E-state index >= 15 is 0 Å². The Morgan fingerprint density at radius 1 is 1.50 bits per heavy atom. The van der Waals surface area contributed by atoms with Crippen molar-refractivity contribution in [1.82, 2.24) is 0 Å². The number of likely N-dealkylation sites (N-methyl/N-ethyl adjacent to an activating group) is 1. The van der Waals surface area contributed by atoms with Gasteiger partial charge in [0.1, 0.15) is 5.82 Å². The molecule has 2 nitrogen and oxygen atoms in total. The smallest absolute Gasteiger partial charge is 0.139 e. The first-order valence-corrected chi connectivity index (χ1v) is 6.25. The van der Waals surface area contributed by atoms with Crippen molar-refractivity contribution < 1.29 is 4.39 Å². The maximum absolute atomic E-state index is 13.4. The minimum Gasteiger partial charge on any atom is -0.381 e. The number of rotatable bonds is 1. The molecule has 0 aliphatic carbocycles. The molecule has 0 atom stereocenters. The Hall–Kier alpha value is -0.770. The summed E-state index contributed by atoms with van der Waals surface area (Å²) in [6.07, 6.45) is 0. The highest BCUT2D eigenvalue weighted by Crippen LogP contribution is 2.38. The average molecular weight is 287 g/mol. The third-order valence-electron chi connectivity index (χ3n) is 3.09. The molecule has 1 aromatic carbocycles. The molecule has 0 amide bonds. The summed E-state index contributed by atoms with van der Waals surface area (Å²) in [5, 5.41) is 3.28. The summed E-state index contributed by atoms with van der Waals surface area (Å²) in [6.45, 7) is 8.23. The van der Waals surface area contributed by atoms with E-state index in [2.05, 4.69) is 46.9 Å². The van der Waals surface area contributed by atoms with Crippen molar-refractivity contribution >= 4 is 27.3 Å². The summed E-state index contributed by atoms with van der Waals surface area (Å²) >= 11 is 3.24. The van der Waals surface area contributed by atoms with E-state index in [1.54, 1.807) is 6.07 Å². The van der Waals surface area contributed by atoms with Crippen LogP contribution in [0.25, 0.3) is 0 Å². The fourth-order valence-electron chi connectivity index (χ4n) is 2.23. The molecule has 0 fully saturated rings. The second kappa shape index (κ2) is 3.91. The molecular weight excluding hydrogens is 271 g/mol. The number of hydrogen-bond acceptors (Lipinski definition) is 2. The van der Waals surface area contributed by atoms with Crippen LogP contribution in [0, 0.1) is 5.82 Å². The van der Waals surface area contributed by atoms with Crippen LogP contribution in [0.3, 0.4) is 0 Å². The minimum absolute atomic E-state index is 0.0546. The first kappa shape index (κ1) is 11.7. The minimum atomic E-state index is -0.220. The van der Waals surface area contributed by atoms with E-state index < -0.39 is 0 Å². The van der Waals surface area contributed by atoms with Crippen molar-refractivity contribution in [2.75, 3.05) is 23.3 Å². The topological polar surface area (TPSA) is 15.3 Å². The van der Waals surface area contributed by atoms with Crippen molar-refractivity contribution in [3.05, 3.63) is 22.4 Å². The van der Waals surface area contributed by atoms with E-state index in [-0.39, 0.29) is 11.4 Å². The van der Waals surface area contributed by atoms with Crippen LogP contribution in [-0.4, -0.2) is 18.6 Å². The van der Waals surface area contributed by atoms with Crippen molar-refractivity contribution in [2.45, 2.75) is 26.3 Å². The number of nitrogens with one attached hydrogen (secondary N) is 1. The van der Waals surface area contributed by atoms with E-state index in [1.165, 1.54) is 0 Å². The Labute approximate surface area is 104 Å². The van der Waals surface area contributed by atoms with Crippen LogP contribution in [0.4, 0.5) is 15.8 Å². The zero-order valence-electron chi connectivity index (χ0n) is 9.77. The number of fused-ring (bicyclic) bond motifs is 1. The van der Waals surface area contributed by atoms with Crippen LogP contribution in [0.2, 0.25) is 0 Å². The van der Waals surface area contributed by atoms with Crippen LogP contribution >= 0.6 is 15.9 Å². The second-order valence-electron chi connectivity index (χ2n) is 4.69. The molecule has 4 heteroatoms. The van der Waals surface area contributed by atoms with Crippen LogP contribution < -0.4 is 10.2 Å². The maximum Gasteiger partial charge on any atom is 0.139 e. The standard InChI is InChI=1S/C12H16BrFN2/c1-4-16-11-5-8(13)9(14)6-10(11)15-7-12(16,2)3/h5-6,15H,4,7H2,1-3H3. The summed E-state index contributed by atoms with van der Waals surface area (Å²) < 4.78 is 13.9. The monoisotopic (exact) mass is 286 g/mol. The van der Waals surface area contributed by atoms with E-state index in [9.17, 15) is 4.39 Å². The van der Waals surface area contributed by atoms with Gasteiger partial charge in [-0.15, -0.1) is 0 Å². The molecule has 16 heavy (non-hydrogen) atoms. The lowest BCUT2D eigenvalue weighted by molar-refractivity contribution is 0.479. The molecule has 1 aliphatic heterocycles. The zero-order chi connectivity index (χ0) is 11.9. The van der Waals surface area contributed by atoms with Gasteiger partial charge >= 0.3 is 0 Å². The number of halogens is 2. The van der Waals surface area contributed by atoms with Gasteiger partial charge < -0.3 is 10.2 Å². The van der Waals surface area contributed by atoms with Gasteiger partial charge in [-0.05, 0) is 42.8 Å². The van der Waals surface area contributed by atoms with E-state index in [1.807, 2.05) is 6.07 Å². The lowest BCUT2D eigenvalue weighted by Gasteiger charge is -2.45. The van der Waals surface area contributed by atoms with Gasteiger partial charge in [0.2, 0.25) is 0 Å². The van der Waals surface area contributed by atoms with Crippen LogP contribution in [-0.2, 0) is 0 Å². The fraction of sp³-hybridized carbons (Fsp3) is 0.500. The molecule has 0 saturated carbocycles. The second-order valence-corrected chi connectivity index (χ2v) is 5.55. The van der Waals surface area contributed by atoms with Crippen molar-refractivity contribution in [2.24, 2.45) is 0 Å². The molecule has 1 heterocycles. The average Bonchev–Trinajstić information content (AvgIpc) is 2.20. The number of benzene rings is 1. The van der Waals surface area contributed by atoms with Gasteiger partial charge in [0.05, 0.1) is 21.4 Å². The fourth-order valence-corrected chi connectivity index (χ4v) is 2.56. The van der Waals surface area contributed by atoms with Gasteiger partial charge in [0.15, 0.2) is 0 Å². The molecule has 0 aromatic heterocycles. The molecule has 1 aliphatic rings. The number of anilines is 2. The Balaban J connectivity index is 2.53. The van der Waals surface area contributed by atoms with Crippen molar-refractivity contribution in [1.29, 1.82) is 0 Å². The lowest BCUT2D eigenvalue weighted by Crippen LogP contribution is -2.52. The first-order chi connectivity index (χ1) is 7.45. The molecule has 2 rings (SSSR count). The molecular formula is C12H16BrFN2. The summed E-state index contributed by atoms with van der Waals surface area (Å²) in [4.78, 5) is 2.29.